The number of aryl methyl sites for hydroxylation is 1. The lowest BCUT2D eigenvalue weighted by Crippen LogP contribution is -1.99. The summed E-state index contributed by atoms with van der Waals surface area (Å²) in [7, 11) is 1.66. The molecule has 0 aliphatic carbocycles. The van der Waals surface area contributed by atoms with Gasteiger partial charge in [0.05, 0.1) is 7.11 Å². The van der Waals surface area contributed by atoms with Crippen LogP contribution in [-0.4, -0.2) is 21.9 Å². The molecule has 92 valence electrons. The number of rotatable bonds is 4. The first-order valence-electron chi connectivity index (χ1n) is 5.38. The lowest BCUT2D eigenvalue weighted by Gasteiger charge is -2.06. The zero-order chi connectivity index (χ0) is 11.4. The van der Waals surface area contributed by atoms with Crippen LogP contribution >= 0.6 is 12.4 Å². The van der Waals surface area contributed by atoms with Crippen molar-refractivity contribution in [2.45, 2.75) is 19.8 Å². The van der Waals surface area contributed by atoms with Crippen LogP contribution in [-0.2, 0) is 6.42 Å². The van der Waals surface area contributed by atoms with Crippen LogP contribution in [0.25, 0.3) is 5.69 Å². The van der Waals surface area contributed by atoms with Crippen molar-refractivity contribution in [1.29, 1.82) is 0 Å². The highest BCUT2D eigenvalue weighted by atomic mass is 35.5. The number of benzene rings is 1. The Morgan fingerprint density at radius 3 is 2.53 bits per heavy atom. The molecule has 0 aliphatic heterocycles. The molecule has 0 saturated heterocycles. The first-order chi connectivity index (χ1) is 7.85. The standard InChI is InChI=1S/C12H15N3O.ClH/c1-3-4-12-14-13-9-15(12)10-5-7-11(16-2)8-6-10;/h5-9H,3-4H2,1-2H3;1H. The fraction of sp³-hybridized carbons (Fsp3) is 0.333. The third-order valence-electron chi connectivity index (χ3n) is 2.44. The van der Waals surface area contributed by atoms with Crippen molar-refractivity contribution >= 4 is 12.4 Å². The molecule has 1 aromatic heterocycles. The van der Waals surface area contributed by atoms with Gasteiger partial charge in [0, 0.05) is 12.1 Å². The summed E-state index contributed by atoms with van der Waals surface area (Å²) in [4.78, 5) is 0. The second kappa shape index (κ2) is 6.25. The Kier molecular flexibility index (Phi) is 4.97. The average molecular weight is 254 g/mol. The molecule has 0 saturated carbocycles. The first kappa shape index (κ1) is 13.5. The van der Waals surface area contributed by atoms with Gasteiger partial charge in [-0.3, -0.25) is 4.57 Å². The van der Waals surface area contributed by atoms with Gasteiger partial charge in [-0.05, 0) is 30.7 Å². The van der Waals surface area contributed by atoms with E-state index in [2.05, 4.69) is 17.1 Å². The van der Waals surface area contributed by atoms with Gasteiger partial charge in [0.2, 0.25) is 0 Å². The SMILES string of the molecule is CCCc1nncn1-c1ccc(OC)cc1.Cl. The first-order valence-corrected chi connectivity index (χ1v) is 5.38. The van der Waals surface area contributed by atoms with Crippen LogP contribution in [0.1, 0.15) is 19.2 Å². The summed E-state index contributed by atoms with van der Waals surface area (Å²) in [6.45, 7) is 2.13. The van der Waals surface area contributed by atoms with Crippen molar-refractivity contribution < 1.29 is 4.74 Å². The molecule has 0 bridgehead atoms. The number of hydrogen-bond donors (Lipinski definition) is 0. The molecule has 0 aliphatic rings. The van der Waals surface area contributed by atoms with Gasteiger partial charge in [0.25, 0.3) is 0 Å². The van der Waals surface area contributed by atoms with Gasteiger partial charge < -0.3 is 4.74 Å². The van der Waals surface area contributed by atoms with Crippen LogP contribution in [0.15, 0.2) is 30.6 Å². The van der Waals surface area contributed by atoms with Gasteiger partial charge in [0.15, 0.2) is 0 Å². The Morgan fingerprint density at radius 1 is 1.24 bits per heavy atom. The second-order valence-electron chi connectivity index (χ2n) is 3.57. The van der Waals surface area contributed by atoms with E-state index in [0.29, 0.717) is 0 Å². The van der Waals surface area contributed by atoms with E-state index >= 15 is 0 Å². The minimum absolute atomic E-state index is 0. The second-order valence-corrected chi connectivity index (χ2v) is 3.57. The number of aromatic nitrogens is 3. The highest BCUT2D eigenvalue weighted by Gasteiger charge is 2.04. The normalized spacial score (nSPS) is 9.76. The Morgan fingerprint density at radius 2 is 1.94 bits per heavy atom. The fourth-order valence-corrected chi connectivity index (χ4v) is 1.61. The van der Waals surface area contributed by atoms with Crippen molar-refractivity contribution in [2.24, 2.45) is 0 Å². The fourth-order valence-electron chi connectivity index (χ4n) is 1.61. The number of nitrogens with zero attached hydrogens (tertiary/aromatic N) is 3. The molecular weight excluding hydrogens is 238 g/mol. The van der Waals surface area contributed by atoms with Crippen molar-refractivity contribution in [3.8, 4) is 11.4 Å². The molecule has 1 aromatic carbocycles. The maximum Gasteiger partial charge on any atom is 0.137 e. The minimum atomic E-state index is 0. The van der Waals surface area contributed by atoms with E-state index in [1.54, 1.807) is 13.4 Å². The molecule has 0 N–H and O–H groups in total. The predicted molar refractivity (Wildman–Crippen MR) is 69.2 cm³/mol. The summed E-state index contributed by atoms with van der Waals surface area (Å²) in [5.74, 6) is 1.85. The third-order valence-corrected chi connectivity index (χ3v) is 2.44. The van der Waals surface area contributed by atoms with Crippen molar-refractivity contribution in [2.75, 3.05) is 7.11 Å². The highest BCUT2D eigenvalue weighted by Crippen LogP contribution is 2.16. The topological polar surface area (TPSA) is 39.9 Å². The molecule has 0 unspecified atom stereocenters. The molecule has 0 atom stereocenters. The van der Waals surface area contributed by atoms with Gasteiger partial charge >= 0.3 is 0 Å². The average Bonchev–Trinajstić information content (AvgIpc) is 2.78. The van der Waals surface area contributed by atoms with Gasteiger partial charge in [-0.1, -0.05) is 6.92 Å². The Labute approximate surface area is 107 Å². The van der Waals surface area contributed by atoms with Crippen LogP contribution in [0.2, 0.25) is 0 Å². The summed E-state index contributed by atoms with van der Waals surface area (Å²) >= 11 is 0. The van der Waals surface area contributed by atoms with E-state index in [1.165, 1.54) is 0 Å². The predicted octanol–water partition coefficient (Wildman–Crippen LogP) is 2.65. The number of ether oxygens (including phenoxy) is 1. The van der Waals surface area contributed by atoms with Gasteiger partial charge in [0.1, 0.15) is 17.9 Å². The van der Waals surface area contributed by atoms with Crippen molar-refractivity contribution in [3.05, 3.63) is 36.4 Å². The molecule has 1 heterocycles. The lowest BCUT2D eigenvalue weighted by atomic mass is 10.2. The van der Waals surface area contributed by atoms with Crippen molar-refractivity contribution in [3.63, 3.8) is 0 Å². The quantitative estimate of drug-likeness (QED) is 0.841. The number of halogens is 1. The van der Waals surface area contributed by atoms with Crippen molar-refractivity contribution in [1.82, 2.24) is 14.8 Å². The maximum atomic E-state index is 5.12. The molecular formula is C12H16ClN3O. The van der Waals surface area contributed by atoms with Crippen LogP contribution in [0, 0.1) is 0 Å². The monoisotopic (exact) mass is 253 g/mol. The Hall–Kier alpha value is -1.55. The molecule has 2 rings (SSSR count). The van der Waals surface area contributed by atoms with E-state index in [0.717, 1.165) is 30.1 Å². The largest absolute Gasteiger partial charge is 0.497 e. The van der Waals surface area contributed by atoms with Crippen LogP contribution in [0.4, 0.5) is 0 Å². The van der Waals surface area contributed by atoms with Gasteiger partial charge in [-0.25, -0.2) is 0 Å². The van der Waals surface area contributed by atoms with Crippen LogP contribution in [0.3, 0.4) is 0 Å². The van der Waals surface area contributed by atoms with Gasteiger partial charge in [-0.15, -0.1) is 22.6 Å². The molecule has 4 nitrogen and oxygen atoms in total. The maximum absolute atomic E-state index is 5.12. The Balaban J connectivity index is 0.00000144. The third kappa shape index (κ3) is 2.97. The van der Waals surface area contributed by atoms with E-state index < -0.39 is 0 Å². The van der Waals surface area contributed by atoms with E-state index in [1.807, 2.05) is 28.8 Å². The number of hydrogen-bond acceptors (Lipinski definition) is 3. The zero-order valence-electron chi connectivity index (χ0n) is 9.96. The van der Waals surface area contributed by atoms with E-state index in [4.69, 9.17) is 4.74 Å². The highest BCUT2D eigenvalue weighted by molar-refractivity contribution is 5.85. The molecule has 2 aromatic rings. The van der Waals surface area contributed by atoms with Gasteiger partial charge in [-0.2, -0.15) is 0 Å². The minimum Gasteiger partial charge on any atom is -0.497 e. The van der Waals surface area contributed by atoms with Crippen LogP contribution in [0.5, 0.6) is 5.75 Å². The summed E-state index contributed by atoms with van der Waals surface area (Å²) in [5, 5.41) is 8.05. The molecule has 0 amide bonds. The summed E-state index contributed by atoms with van der Waals surface area (Å²) < 4.78 is 7.13. The molecule has 0 radical (unpaired) electrons. The molecule has 5 heteroatoms. The molecule has 0 spiro atoms. The summed E-state index contributed by atoms with van der Waals surface area (Å²) in [5.41, 5.74) is 1.06. The lowest BCUT2D eigenvalue weighted by molar-refractivity contribution is 0.414. The van der Waals surface area contributed by atoms with Crippen LogP contribution < -0.4 is 4.74 Å². The zero-order valence-corrected chi connectivity index (χ0v) is 10.8. The smallest absolute Gasteiger partial charge is 0.137 e. The summed E-state index contributed by atoms with van der Waals surface area (Å²) in [6.07, 6.45) is 3.74. The van der Waals surface area contributed by atoms with E-state index in [9.17, 15) is 0 Å². The summed E-state index contributed by atoms with van der Waals surface area (Å²) in [6, 6.07) is 7.87. The number of methoxy groups -OCH3 is 1. The molecule has 0 fully saturated rings. The molecule has 17 heavy (non-hydrogen) atoms. The Bertz CT molecular complexity index is 453. The van der Waals surface area contributed by atoms with E-state index in [-0.39, 0.29) is 12.4 Å².